The first-order chi connectivity index (χ1) is 12.7. The first-order valence-corrected chi connectivity index (χ1v) is 9.02. The first kappa shape index (κ1) is 19.5. The Bertz CT molecular complexity index is 716. The van der Waals surface area contributed by atoms with Crippen LogP contribution in [0.5, 0.6) is 5.75 Å². The number of para-hydroxylation sites is 2. The van der Waals surface area contributed by atoms with Gasteiger partial charge in [-0.25, -0.2) is 0 Å². The molecule has 2 amide bonds. The number of rotatable bonds is 9. The Morgan fingerprint density at radius 3 is 2.38 bits per heavy atom. The fourth-order valence-electron chi connectivity index (χ4n) is 2.72. The number of anilines is 1. The number of hydrogen-bond donors (Lipinski definition) is 1. The smallest absolute Gasteiger partial charge is 0.255 e. The van der Waals surface area contributed by atoms with Crippen molar-refractivity contribution in [3.05, 3.63) is 60.2 Å². The van der Waals surface area contributed by atoms with Crippen molar-refractivity contribution in [2.45, 2.75) is 26.7 Å². The molecule has 0 saturated carbocycles. The van der Waals surface area contributed by atoms with Gasteiger partial charge in [0.25, 0.3) is 5.91 Å². The maximum atomic E-state index is 12.4. The highest BCUT2D eigenvalue weighted by atomic mass is 16.5. The lowest BCUT2D eigenvalue weighted by Crippen LogP contribution is -2.31. The van der Waals surface area contributed by atoms with E-state index in [4.69, 9.17) is 4.74 Å². The third kappa shape index (κ3) is 5.34. The Morgan fingerprint density at radius 2 is 1.69 bits per heavy atom. The van der Waals surface area contributed by atoms with Gasteiger partial charge in [-0.3, -0.25) is 9.59 Å². The predicted molar refractivity (Wildman–Crippen MR) is 104 cm³/mol. The molecule has 0 spiro atoms. The second-order valence-corrected chi connectivity index (χ2v) is 5.76. The standard InChI is InChI=1S/C21H26N2O3/c1-3-23(17-11-6-5-7-12-17)20(24)15-10-16-22-21(25)18-13-8-9-14-19(18)26-4-2/h5-9,11-14H,3-4,10,15-16H2,1-2H3,(H,22,25). The van der Waals surface area contributed by atoms with Crippen molar-refractivity contribution < 1.29 is 14.3 Å². The number of hydrogen-bond acceptors (Lipinski definition) is 3. The second-order valence-electron chi connectivity index (χ2n) is 5.76. The molecule has 1 N–H and O–H groups in total. The van der Waals surface area contributed by atoms with Crippen LogP contribution in [0.2, 0.25) is 0 Å². The van der Waals surface area contributed by atoms with E-state index in [0.717, 1.165) is 5.69 Å². The predicted octanol–water partition coefficient (Wildman–Crippen LogP) is 3.65. The van der Waals surface area contributed by atoms with Gasteiger partial charge in [-0.05, 0) is 44.5 Å². The van der Waals surface area contributed by atoms with Gasteiger partial charge in [-0.2, -0.15) is 0 Å². The molecule has 0 bridgehead atoms. The van der Waals surface area contributed by atoms with Crippen LogP contribution in [0.15, 0.2) is 54.6 Å². The summed E-state index contributed by atoms with van der Waals surface area (Å²) >= 11 is 0. The molecule has 5 nitrogen and oxygen atoms in total. The van der Waals surface area contributed by atoms with Gasteiger partial charge in [0.1, 0.15) is 5.75 Å². The highest BCUT2D eigenvalue weighted by Crippen LogP contribution is 2.18. The van der Waals surface area contributed by atoms with Gasteiger partial charge in [-0.1, -0.05) is 30.3 Å². The van der Waals surface area contributed by atoms with Gasteiger partial charge >= 0.3 is 0 Å². The van der Waals surface area contributed by atoms with E-state index in [2.05, 4.69) is 5.32 Å². The summed E-state index contributed by atoms with van der Waals surface area (Å²) in [5.74, 6) is 0.449. The van der Waals surface area contributed by atoms with Crippen LogP contribution < -0.4 is 15.0 Å². The van der Waals surface area contributed by atoms with Gasteiger partial charge < -0.3 is 15.0 Å². The summed E-state index contributed by atoms with van der Waals surface area (Å²) in [5, 5.41) is 2.86. The number of amides is 2. The maximum Gasteiger partial charge on any atom is 0.255 e. The molecular weight excluding hydrogens is 328 g/mol. The molecule has 0 unspecified atom stereocenters. The number of carbonyl (C=O) groups is 2. The highest BCUT2D eigenvalue weighted by Gasteiger charge is 2.14. The van der Waals surface area contributed by atoms with Gasteiger partial charge in [-0.15, -0.1) is 0 Å². The minimum Gasteiger partial charge on any atom is -0.493 e. The molecule has 0 aromatic heterocycles. The third-order valence-corrected chi connectivity index (χ3v) is 3.97. The Hall–Kier alpha value is -2.82. The fraction of sp³-hybridized carbons (Fsp3) is 0.333. The Balaban J connectivity index is 1.83. The van der Waals surface area contributed by atoms with E-state index >= 15 is 0 Å². The van der Waals surface area contributed by atoms with Crippen molar-refractivity contribution in [1.82, 2.24) is 5.32 Å². The highest BCUT2D eigenvalue weighted by molar-refractivity contribution is 5.97. The largest absolute Gasteiger partial charge is 0.493 e. The first-order valence-electron chi connectivity index (χ1n) is 9.02. The van der Waals surface area contributed by atoms with Crippen LogP contribution >= 0.6 is 0 Å². The van der Waals surface area contributed by atoms with Crippen LogP contribution in [-0.4, -0.2) is 31.5 Å². The van der Waals surface area contributed by atoms with E-state index in [-0.39, 0.29) is 11.8 Å². The van der Waals surface area contributed by atoms with Crippen molar-refractivity contribution in [2.75, 3.05) is 24.6 Å². The number of benzene rings is 2. The summed E-state index contributed by atoms with van der Waals surface area (Å²) in [6.07, 6.45) is 0.973. The zero-order valence-electron chi connectivity index (χ0n) is 15.4. The Morgan fingerprint density at radius 1 is 1.00 bits per heavy atom. The van der Waals surface area contributed by atoms with Gasteiger partial charge in [0.05, 0.1) is 12.2 Å². The molecule has 0 saturated heterocycles. The fourth-order valence-corrected chi connectivity index (χ4v) is 2.72. The SMILES string of the molecule is CCOc1ccccc1C(=O)NCCCC(=O)N(CC)c1ccccc1. The van der Waals surface area contributed by atoms with Crippen molar-refractivity contribution in [3.63, 3.8) is 0 Å². The molecular formula is C21H26N2O3. The van der Waals surface area contributed by atoms with E-state index in [1.165, 1.54) is 0 Å². The summed E-state index contributed by atoms with van der Waals surface area (Å²) in [7, 11) is 0. The molecule has 0 atom stereocenters. The molecule has 26 heavy (non-hydrogen) atoms. The van der Waals surface area contributed by atoms with Crippen LogP contribution in [0.25, 0.3) is 0 Å². The minimum absolute atomic E-state index is 0.0580. The zero-order chi connectivity index (χ0) is 18.8. The molecule has 2 rings (SSSR count). The summed E-state index contributed by atoms with van der Waals surface area (Å²) in [6, 6.07) is 16.8. The number of carbonyl (C=O) groups excluding carboxylic acids is 2. The van der Waals surface area contributed by atoms with Crippen molar-refractivity contribution >= 4 is 17.5 Å². The molecule has 138 valence electrons. The van der Waals surface area contributed by atoms with E-state index in [0.29, 0.717) is 43.9 Å². The summed E-state index contributed by atoms with van der Waals surface area (Å²) in [4.78, 5) is 26.5. The molecule has 0 fully saturated rings. The lowest BCUT2D eigenvalue weighted by atomic mass is 10.2. The molecule has 2 aromatic rings. The van der Waals surface area contributed by atoms with Crippen molar-refractivity contribution in [2.24, 2.45) is 0 Å². The van der Waals surface area contributed by atoms with Crippen LogP contribution in [-0.2, 0) is 4.79 Å². The summed E-state index contributed by atoms with van der Waals surface area (Å²) in [6.45, 7) is 5.41. The van der Waals surface area contributed by atoms with Gasteiger partial charge in [0.15, 0.2) is 0 Å². The number of nitrogens with one attached hydrogen (secondary N) is 1. The monoisotopic (exact) mass is 354 g/mol. The van der Waals surface area contributed by atoms with Crippen molar-refractivity contribution in [1.29, 1.82) is 0 Å². The van der Waals surface area contributed by atoms with Crippen LogP contribution in [0.1, 0.15) is 37.0 Å². The molecule has 0 aliphatic carbocycles. The Kier molecular flexibility index (Phi) is 7.68. The molecule has 0 aliphatic heterocycles. The molecule has 5 heteroatoms. The topological polar surface area (TPSA) is 58.6 Å². The lowest BCUT2D eigenvalue weighted by Gasteiger charge is -2.21. The molecule has 2 aromatic carbocycles. The third-order valence-electron chi connectivity index (χ3n) is 3.97. The van der Waals surface area contributed by atoms with E-state index < -0.39 is 0 Å². The molecule has 0 radical (unpaired) electrons. The number of ether oxygens (including phenoxy) is 1. The summed E-state index contributed by atoms with van der Waals surface area (Å²) in [5.41, 5.74) is 1.41. The minimum atomic E-state index is -0.183. The van der Waals surface area contributed by atoms with E-state index in [9.17, 15) is 9.59 Å². The van der Waals surface area contributed by atoms with Gasteiger partial charge in [0.2, 0.25) is 5.91 Å². The van der Waals surface area contributed by atoms with Crippen molar-refractivity contribution in [3.8, 4) is 5.75 Å². The zero-order valence-corrected chi connectivity index (χ0v) is 15.4. The average Bonchev–Trinajstić information content (AvgIpc) is 2.67. The van der Waals surface area contributed by atoms with Gasteiger partial charge in [0, 0.05) is 25.2 Å². The quantitative estimate of drug-likeness (QED) is 0.699. The average molecular weight is 354 g/mol. The number of nitrogens with zero attached hydrogens (tertiary/aromatic N) is 1. The summed E-state index contributed by atoms with van der Waals surface area (Å²) < 4.78 is 5.48. The lowest BCUT2D eigenvalue weighted by molar-refractivity contribution is -0.118. The Labute approximate surface area is 155 Å². The van der Waals surface area contributed by atoms with Crippen LogP contribution in [0.4, 0.5) is 5.69 Å². The van der Waals surface area contributed by atoms with Crippen LogP contribution in [0.3, 0.4) is 0 Å². The van der Waals surface area contributed by atoms with E-state index in [1.807, 2.05) is 50.2 Å². The second kappa shape index (κ2) is 10.2. The maximum absolute atomic E-state index is 12.4. The molecule has 0 heterocycles. The van der Waals surface area contributed by atoms with Crippen LogP contribution in [0, 0.1) is 0 Å². The van der Waals surface area contributed by atoms with E-state index in [1.54, 1.807) is 23.1 Å². The normalized spacial score (nSPS) is 10.2. The molecule has 0 aliphatic rings.